The number of benzene rings is 1. The summed E-state index contributed by atoms with van der Waals surface area (Å²) < 4.78 is 0. The Morgan fingerprint density at radius 1 is 1.28 bits per heavy atom. The van der Waals surface area contributed by atoms with Gasteiger partial charge in [0, 0.05) is 35.3 Å². The summed E-state index contributed by atoms with van der Waals surface area (Å²) in [5, 5.41) is 13.5. The number of nitrogens with one attached hydrogen (secondary N) is 1. The maximum absolute atomic E-state index is 8.81. The summed E-state index contributed by atoms with van der Waals surface area (Å²) in [6.45, 7) is 2.76. The molecule has 2 unspecified atom stereocenters. The highest BCUT2D eigenvalue weighted by Crippen LogP contribution is 2.23. The van der Waals surface area contributed by atoms with Gasteiger partial charge in [-0.2, -0.15) is 0 Å². The van der Waals surface area contributed by atoms with E-state index in [-0.39, 0.29) is 18.7 Å². The third kappa shape index (κ3) is 5.12. The molecule has 0 saturated carbocycles. The summed E-state index contributed by atoms with van der Waals surface area (Å²) in [7, 11) is 0. The molecule has 0 spiro atoms. The van der Waals surface area contributed by atoms with Gasteiger partial charge < -0.3 is 16.2 Å². The van der Waals surface area contributed by atoms with Crippen LogP contribution >= 0.6 is 23.2 Å². The van der Waals surface area contributed by atoms with E-state index >= 15 is 0 Å². The summed E-state index contributed by atoms with van der Waals surface area (Å²) in [6.07, 6.45) is 1.68. The Hall–Kier alpha value is -0.320. The van der Waals surface area contributed by atoms with Crippen LogP contribution in [0, 0.1) is 0 Å². The summed E-state index contributed by atoms with van der Waals surface area (Å²) in [6, 6.07) is 5.75. The van der Waals surface area contributed by atoms with Crippen molar-refractivity contribution in [2.45, 2.75) is 31.8 Å². The molecule has 2 atom stereocenters. The van der Waals surface area contributed by atoms with Gasteiger partial charge in [0.2, 0.25) is 0 Å². The standard InChI is InChI=1S/C13H20Cl2N2O/c1-9(3-2-4-18)17-13(8-16)10-5-11(14)7-12(15)6-10/h5-7,9,13,17-18H,2-4,8,16H2,1H3. The molecule has 0 amide bonds. The fourth-order valence-corrected chi connectivity index (χ4v) is 2.44. The van der Waals surface area contributed by atoms with Crippen LogP contribution < -0.4 is 11.1 Å². The van der Waals surface area contributed by atoms with Crippen molar-refractivity contribution in [3.05, 3.63) is 33.8 Å². The SMILES string of the molecule is CC(CCCO)NC(CN)c1cc(Cl)cc(Cl)c1. The van der Waals surface area contributed by atoms with Gasteiger partial charge in [-0.1, -0.05) is 23.2 Å². The molecule has 0 aliphatic rings. The molecule has 4 N–H and O–H groups in total. The van der Waals surface area contributed by atoms with Crippen LogP contribution in [0.2, 0.25) is 10.0 Å². The maximum Gasteiger partial charge on any atom is 0.0447 e. The number of aliphatic hydroxyl groups excluding tert-OH is 1. The number of hydrogen-bond donors (Lipinski definition) is 3. The lowest BCUT2D eigenvalue weighted by molar-refractivity contribution is 0.274. The molecule has 0 aliphatic heterocycles. The van der Waals surface area contributed by atoms with Gasteiger partial charge in [0.25, 0.3) is 0 Å². The Labute approximate surface area is 118 Å². The highest BCUT2D eigenvalue weighted by Gasteiger charge is 2.13. The average molecular weight is 291 g/mol. The van der Waals surface area contributed by atoms with Crippen LogP contribution in [0.15, 0.2) is 18.2 Å². The number of halogens is 2. The monoisotopic (exact) mass is 290 g/mol. The highest BCUT2D eigenvalue weighted by atomic mass is 35.5. The molecule has 0 bridgehead atoms. The summed E-state index contributed by atoms with van der Waals surface area (Å²) >= 11 is 12.0. The maximum atomic E-state index is 8.81. The van der Waals surface area contributed by atoms with Crippen LogP contribution in [0.5, 0.6) is 0 Å². The van der Waals surface area contributed by atoms with E-state index in [4.69, 9.17) is 34.0 Å². The summed E-state index contributed by atoms with van der Waals surface area (Å²) in [4.78, 5) is 0. The molecular formula is C13H20Cl2N2O. The van der Waals surface area contributed by atoms with Gasteiger partial charge >= 0.3 is 0 Å². The van der Waals surface area contributed by atoms with E-state index in [1.54, 1.807) is 6.07 Å². The van der Waals surface area contributed by atoms with E-state index in [1.165, 1.54) is 0 Å². The van der Waals surface area contributed by atoms with Crippen molar-refractivity contribution in [1.82, 2.24) is 5.32 Å². The molecule has 0 aromatic heterocycles. The predicted molar refractivity (Wildman–Crippen MR) is 77.2 cm³/mol. The van der Waals surface area contributed by atoms with E-state index in [0.717, 1.165) is 18.4 Å². The zero-order valence-electron chi connectivity index (χ0n) is 10.5. The molecule has 1 rings (SSSR count). The Kier molecular flexibility index (Phi) is 6.97. The van der Waals surface area contributed by atoms with Gasteiger partial charge in [-0.3, -0.25) is 0 Å². The second-order valence-corrected chi connectivity index (χ2v) is 5.30. The molecule has 1 aromatic rings. The molecule has 0 radical (unpaired) electrons. The van der Waals surface area contributed by atoms with E-state index < -0.39 is 0 Å². The largest absolute Gasteiger partial charge is 0.396 e. The second-order valence-electron chi connectivity index (χ2n) is 4.42. The van der Waals surface area contributed by atoms with E-state index in [1.807, 2.05) is 12.1 Å². The van der Waals surface area contributed by atoms with Crippen molar-refractivity contribution in [1.29, 1.82) is 0 Å². The highest BCUT2D eigenvalue weighted by molar-refractivity contribution is 6.34. The molecule has 1 aromatic carbocycles. The fraction of sp³-hybridized carbons (Fsp3) is 0.538. The third-order valence-electron chi connectivity index (χ3n) is 2.80. The number of rotatable bonds is 7. The van der Waals surface area contributed by atoms with Gasteiger partial charge in [-0.15, -0.1) is 0 Å². The lowest BCUT2D eigenvalue weighted by Crippen LogP contribution is -2.35. The number of nitrogens with two attached hydrogens (primary N) is 1. The molecule has 0 fully saturated rings. The zero-order valence-corrected chi connectivity index (χ0v) is 12.0. The smallest absolute Gasteiger partial charge is 0.0447 e. The first-order valence-corrected chi connectivity index (χ1v) is 6.85. The molecule has 102 valence electrons. The fourth-order valence-electron chi connectivity index (χ4n) is 1.90. The Bertz CT molecular complexity index is 354. The Morgan fingerprint density at radius 2 is 1.89 bits per heavy atom. The van der Waals surface area contributed by atoms with Crippen molar-refractivity contribution in [3.63, 3.8) is 0 Å². The van der Waals surface area contributed by atoms with Crippen molar-refractivity contribution in [2.75, 3.05) is 13.2 Å². The normalized spacial score (nSPS) is 14.5. The van der Waals surface area contributed by atoms with Gasteiger partial charge in [0.1, 0.15) is 0 Å². The molecule has 0 saturated heterocycles. The Balaban J connectivity index is 2.70. The van der Waals surface area contributed by atoms with Gasteiger partial charge in [0.05, 0.1) is 0 Å². The van der Waals surface area contributed by atoms with Crippen LogP contribution in [0.3, 0.4) is 0 Å². The van der Waals surface area contributed by atoms with Gasteiger partial charge in [0.15, 0.2) is 0 Å². The Morgan fingerprint density at radius 3 is 2.39 bits per heavy atom. The summed E-state index contributed by atoms with van der Waals surface area (Å²) in [5.41, 5.74) is 6.78. The first-order valence-electron chi connectivity index (χ1n) is 6.09. The average Bonchev–Trinajstić information content (AvgIpc) is 2.32. The van der Waals surface area contributed by atoms with Crippen LogP contribution in [-0.4, -0.2) is 24.3 Å². The topological polar surface area (TPSA) is 58.3 Å². The number of hydrogen-bond acceptors (Lipinski definition) is 3. The van der Waals surface area contributed by atoms with Crippen LogP contribution in [-0.2, 0) is 0 Å². The van der Waals surface area contributed by atoms with Crippen LogP contribution in [0.25, 0.3) is 0 Å². The van der Waals surface area contributed by atoms with Crippen LogP contribution in [0.1, 0.15) is 31.4 Å². The zero-order chi connectivity index (χ0) is 13.5. The first-order chi connectivity index (χ1) is 8.56. The van der Waals surface area contributed by atoms with Crippen LogP contribution in [0.4, 0.5) is 0 Å². The van der Waals surface area contributed by atoms with Crippen molar-refractivity contribution < 1.29 is 5.11 Å². The minimum atomic E-state index is 0.0230. The van der Waals surface area contributed by atoms with Crippen molar-refractivity contribution >= 4 is 23.2 Å². The molecular weight excluding hydrogens is 271 g/mol. The van der Waals surface area contributed by atoms with Gasteiger partial charge in [-0.05, 0) is 43.5 Å². The van der Waals surface area contributed by atoms with E-state index in [0.29, 0.717) is 16.6 Å². The number of aliphatic hydroxyl groups is 1. The molecule has 18 heavy (non-hydrogen) atoms. The van der Waals surface area contributed by atoms with Crippen molar-refractivity contribution in [2.24, 2.45) is 5.73 Å². The molecule has 0 heterocycles. The lowest BCUT2D eigenvalue weighted by Gasteiger charge is -2.22. The third-order valence-corrected chi connectivity index (χ3v) is 3.24. The van der Waals surface area contributed by atoms with Gasteiger partial charge in [-0.25, -0.2) is 0 Å². The second kappa shape index (κ2) is 7.97. The molecule has 0 aliphatic carbocycles. The minimum Gasteiger partial charge on any atom is -0.396 e. The molecule has 3 nitrogen and oxygen atoms in total. The van der Waals surface area contributed by atoms with E-state index in [9.17, 15) is 0 Å². The minimum absolute atomic E-state index is 0.0230. The lowest BCUT2D eigenvalue weighted by atomic mass is 10.0. The van der Waals surface area contributed by atoms with E-state index in [2.05, 4.69) is 12.2 Å². The van der Waals surface area contributed by atoms with Crippen molar-refractivity contribution in [3.8, 4) is 0 Å². The quantitative estimate of drug-likeness (QED) is 0.724. The summed E-state index contributed by atoms with van der Waals surface area (Å²) in [5.74, 6) is 0. The molecule has 5 heteroatoms. The predicted octanol–water partition coefficient (Wildman–Crippen LogP) is 2.74. The first kappa shape index (κ1) is 15.7.